The standard InChI is InChI=1S/C27H39ClO4/c1-4-5-8-12-24(29)20-14-16-21(17-15-20)27-22(23(28)18-25(27)30)11-9-6-7-10-13-26(31)32-19(2)3/h6,9,14-17,19,22-23,25,27,30H,4-5,7-8,10-13,18H2,1-3H3/b9-6-/t22-,23-,25+,27+/m0/s1. The second kappa shape index (κ2) is 13.8. The number of carbonyl (C=O) groups excluding carboxylic acids is 2. The molecule has 0 saturated heterocycles. The normalized spacial score (nSPS) is 23.2. The number of rotatable bonds is 13. The highest BCUT2D eigenvalue weighted by atomic mass is 35.5. The van der Waals surface area contributed by atoms with Crippen molar-refractivity contribution in [2.45, 2.75) is 102 Å². The molecular formula is C27H39ClO4. The van der Waals surface area contributed by atoms with E-state index >= 15 is 0 Å². The summed E-state index contributed by atoms with van der Waals surface area (Å²) in [6, 6.07) is 7.74. The minimum absolute atomic E-state index is 0.0348. The number of hydrogen-bond donors (Lipinski definition) is 1. The smallest absolute Gasteiger partial charge is 0.306 e. The summed E-state index contributed by atoms with van der Waals surface area (Å²) in [5, 5.41) is 10.6. The zero-order valence-corrected chi connectivity index (χ0v) is 20.5. The van der Waals surface area contributed by atoms with Gasteiger partial charge in [-0.3, -0.25) is 9.59 Å². The Hall–Kier alpha value is -1.65. The van der Waals surface area contributed by atoms with Crippen molar-refractivity contribution >= 4 is 23.4 Å². The summed E-state index contributed by atoms with van der Waals surface area (Å²) in [5.41, 5.74) is 1.78. The summed E-state index contributed by atoms with van der Waals surface area (Å²) < 4.78 is 5.15. The van der Waals surface area contributed by atoms with Crippen molar-refractivity contribution < 1.29 is 19.4 Å². The molecule has 32 heavy (non-hydrogen) atoms. The van der Waals surface area contributed by atoms with Gasteiger partial charge in [0.25, 0.3) is 0 Å². The minimum Gasteiger partial charge on any atom is -0.463 e. The van der Waals surface area contributed by atoms with E-state index in [4.69, 9.17) is 16.3 Å². The molecule has 0 unspecified atom stereocenters. The molecule has 0 bridgehead atoms. The minimum atomic E-state index is -0.479. The Morgan fingerprint density at radius 1 is 1.12 bits per heavy atom. The van der Waals surface area contributed by atoms with Crippen molar-refractivity contribution in [1.82, 2.24) is 0 Å². The molecule has 1 aromatic rings. The summed E-state index contributed by atoms with van der Waals surface area (Å²) in [6.07, 6.45) is 10.7. The fourth-order valence-electron chi connectivity index (χ4n) is 4.45. The lowest BCUT2D eigenvalue weighted by atomic mass is 9.85. The van der Waals surface area contributed by atoms with E-state index in [1.54, 1.807) is 0 Å². The number of esters is 1. The number of allylic oxidation sites excluding steroid dienone is 2. The van der Waals surface area contributed by atoms with Crippen LogP contribution in [0.5, 0.6) is 0 Å². The Morgan fingerprint density at radius 3 is 2.50 bits per heavy atom. The second-order valence-electron chi connectivity index (χ2n) is 9.15. The van der Waals surface area contributed by atoms with E-state index in [2.05, 4.69) is 19.1 Å². The number of halogens is 1. The summed E-state index contributed by atoms with van der Waals surface area (Å²) in [7, 11) is 0. The van der Waals surface area contributed by atoms with Crippen LogP contribution in [0.25, 0.3) is 0 Å². The molecule has 1 aromatic carbocycles. The van der Waals surface area contributed by atoms with Crippen molar-refractivity contribution in [3.63, 3.8) is 0 Å². The number of aliphatic hydroxyl groups is 1. The molecule has 0 aliphatic heterocycles. The van der Waals surface area contributed by atoms with E-state index < -0.39 is 6.10 Å². The molecule has 0 amide bonds. The lowest BCUT2D eigenvalue weighted by Crippen LogP contribution is -2.18. The van der Waals surface area contributed by atoms with Crippen LogP contribution < -0.4 is 0 Å². The Kier molecular flexibility index (Phi) is 11.5. The first-order valence-electron chi connectivity index (χ1n) is 12.1. The predicted octanol–water partition coefficient (Wildman–Crippen LogP) is 6.59. The molecule has 1 aliphatic rings. The van der Waals surface area contributed by atoms with Crippen molar-refractivity contribution in [2.75, 3.05) is 0 Å². The quantitative estimate of drug-likeness (QED) is 0.118. The van der Waals surface area contributed by atoms with E-state index in [-0.39, 0.29) is 35.1 Å². The van der Waals surface area contributed by atoms with E-state index in [1.165, 1.54) is 0 Å². The molecule has 178 valence electrons. The lowest BCUT2D eigenvalue weighted by Gasteiger charge is -2.23. The molecule has 0 spiro atoms. The third kappa shape index (κ3) is 8.37. The van der Waals surface area contributed by atoms with Gasteiger partial charge in [-0.25, -0.2) is 0 Å². The maximum Gasteiger partial charge on any atom is 0.306 e. The Balaban J connectivity index is 1.90. The monoisotopic (exact) mass is 462 g/mol. The van der Waals surface area contributed by atoms with Gasteiger partial charge in [-0.05, 0) is 57.4 Å². The van der Waals surface area contributed by atoms with Crippen molar-refractivity contribution in [3.8, 4) is 0 Å². The van der Waals surface area contributed by atoms with Crippen LogP contribution in [0.2, 0.25) is 0 Å². The Labute approximate surface area is 198 Å². The van der Waals surface area contributed by atoms with Gasteiger partial charge < -0.3 is 9.84 Å². The topological polar surface area (TPSA) is 63.6 Å². The molecule has 1 aliphatic carbocycles. The number of ether oxygens (including phenoxy) is 1. The Bertz CT molecular complexity index is 741. The fourth-order valence-corrected chi connectivity index (χ4v) is 4.90. The van der Waals surface area contributed by atoms with Gasteiger partial charge in [0.2, 0.25) is 0 Å². The van der Waals surface area contributed by atoms with Crippen molar-refractivity contribution in [2.24, 2.45) is 5.92 Å². The van der Waals surface area contributed by atoms with Crippen LogP contribution in [0.4, 0.5) is 0 Å². The largest absolute Gasteiger partial charge is 0.463 e. The summed E-state index contributed by atoms with van der Waals surface area (Å²) in [4.78, 5) is 23.9. The van der Waals surface area contributed by atoms with Gasteiger partial charge >= 0.3 is 5.97 Å². The van der Waals surface area contributed by atoms with Gasteiger partial charge in [-0.15, -0.1) is 11.6 Å². The molecule has 0 radical (unpaired) electrons. The molecule has 1 fully saturated rings. The number of carbonyl (C=O) groups is 2. The number of ketones is 1. The van der Waals surface area contributed by atoms with Gasteiger partial charge in [-0.2, -0.15) is 0 Å². The maximum absolute atomic E-state index is 12.3. The summed E-state index contributed by atoms with van der Waals surface area (Å²) in [5.74, 6) is 0.136. The lowest BCUT2D eigenvalue weighted by molar-refractivity contribution is -0.147. The molecule has 5 heteroatoms. The average molecular weight is 463 g/mol. The number of hydrogen-bond acceptors (Lipinski definition) is 4. The summed E-state index contributed by atoms with van der Waals surface area (Å²) in [6.45, 7) is 5.84. The zero-order chi connectivity index (χ0) is 23.5. The number of aliphatic hydroxyl groups excluding tert-OH is 1. The van der Waals surface area contributed by atoms with E-state index in [0.29, 0.717) is 19.3 Å². The van der Waals surface area contributed by atoms with Crippen LogP contribution in [0, 0.1) is 5.92 Å². The van der Waals surface area contributed by atoms with E-state index in [9.17, 15) is 14.7 Å². The number of alkyl halides is 1. The second-order valence-corrected chi connectivity index (χ2v) is 9.71. The van der Waals surface area contributed by atoms with Crippen molar-refractivity contribution in [1.29, 1.82) is 0 Å². The fraction of sp³-hybridized carbons (Fsp3) is 0.630. The zero-order valence-electron chi connectivity index (χ0n) is 19.8. The van der Waals surface area contributed by atoms with Gasteiger partial charge in [0.15, 0.2) is 5.78 Å². The predicted molar refractivity (Wildman–Crippen MR) is 130 cm³/mol. The van der Waals surface area contributed by atoms with Gasteiger partial charge in [-0.1, -0.05) is 56.2 Å². The Morgan fingerprint density at radius 2 is 1.84 bits per heavy atom. The third-order valence-electron chi connectivity index (χ3n) is 6.13. The molecule has 4 nitrogen and oxygen atoms in total. The average Bonchev–Trinajstić information content (AvgIpc) is 3.03. The third-order valence-corrected chi connectivity index (χ3v) is 6.63. The van der Waals surface area contributed by atoms with E-state index in [0.717, 1.165) is 49.7 Å². The highest BCUT2D eigenvalue weighted by Crippen LogP contribution is 2.44. The number of Topliss-reactive ketones (excluding diaryl/α,β-unsaturated/α-hetero) is 1. The van der Waals surface area contributed by atoms with Crippen LogP contribution >= 0.6 is 11.6 Å². The van der Waals surface area contributed by atoms with Crippen LogP contribution in [-0.2, 0) is 9.53 Å². The molecule has 2 rings (SSSR count). The summed E-state index contributed by atoms with van der Waals surface area (Å²) >= 11 is 6.59. The first-order chi connectivity index (χ1) is 15.3. The number of benzene rings is 1. The van der Waals surface area contributed by atoms with E-state index in [1.807, 2.05) is 38.1 Å². The molecular weight excluding hydrogens is 424 g/mol. The number of unbranched alkanes of at least 4 members (excludes halogenated alkanes) is 3. The van der Waals surface area contributed by atoms with Crippen LogP contribution in [-0.4, -0.2) is 34.4 Å². The SMILES string of the molecule is CCCCCC(=O)c1ccc([C@@H]2[C@@H](C/C=C\CCCC(=O)OC(C)C)[C@@H](Cl)C[C@H]2O)cc1. The first kappa shape index (κ1) is 26.6. The van der Waals surface area contributed by atoms with Gasteiger partial charge in [0.1, 0.15) is 0 Å². The van der Waals surface area contributed by atoms with Crippen LogP contribution in [0.15, 0.2) is 36.4 Å². The van der Waals surface area contributed by atoms with Gasteiger partial charge in [0, 0.05) is 29.7 Å². The van der Waals surface area contributed by atoms with Crippen LogP contribution in [0.3, 0.4) is 0 Å². The molecule has 1 N–H and O–H groups in total. The van der Waals surface area contributed by atoms with Crippen molar-refractivity contribution in [3.05, 3.63) is 47.5 Å². The maximum atomic E-state index is 12.3. The van der Waals surface area contributed by atoms with Crippen LogP contribution in [0.1, 0.15) is 100 Å². The molecule has 0 aromatic heterocycles. The highest BCUT2D eigenvalue weighted by Gasteiger charge is 2.41. The highest BCUT2D eigenvalue weighted by molar-refractivity contribution is 6.21. The van der Waals surface area contributed by atoms with Gasteiger partial charge in [0.05, 0.1) is 12.2 Å². The molecule has 4 atom stereocenters. The first-order valence-corrected chi connectivity index (χ1v) is 12.6. The molecule has 1 saturated carbocycles. The molecule has 0 heterocycles.